The van der Waals surface area contributed by atoms with Crippen LogP contribution >= 0.6 is 0 Å². The van der Waals surface area contributed by atoms with E-state index in [9.17, 15) is 4.79 Å². The number of rotatable bonds is 6. The Morgan fingerprint density at radius 3 is 2.38 bits per heavy atom. The third-order valence-corrected chi connectivity index (χ3v) is 2.47. The first-order valence-corrected chi connectivity index (χ1v) is 4.68. The van der Waals surface area contributed by atoms with E-state index < -0.39 is 5.97 Å². The van der Waals surface area contributed by atoms with Crippen LogP contribution in [0.15, 0.2) is 12.2 Å². The van der Waals surface area contributed by atoms with E-state index in [1.807, 2.05) is 0 Å². The van der Waals surface area contributed by atoms with Gasteiger partial charge in [-0.3, -0.25) is 0 Å². The predicted octanol–water partition coefficient (Wildman–Crippen LogP) is 1.80. The van der Waals surface area contributed by atoms with Gasteiger partial charge in [0.05, 0.1) is 0 Å². The summed E-state index contributed by atoms with van der Waals surface area (Å²) in [5.41, 5.74) is 0.128. The summed E-state index contributed by atoms with van der Waals surface area (Å²) >= 11 is 0. The quantitative estimate of drug-likeness (QED) is 0.620. The molecule has 0 heterocycles. The molecule has 3 nitrogen and oxygen atoms in total. The first kappa shape index (κ1) is 12.2. The molecule has 0 aliphatic rings. The number of nitrogens with one attached hydrogen (secondary N) is 1. The molecule has 0 aromatic rings. The highest BCUT2D eigenvalue weighted by atomic mass is 16.4. The second kappa shape index (κ2) is 5.75. The van der Waals surface area contributed by atoms with E-state index in [0.717, 1.165) is 12.8 Å². The SMILES string of the molecule is CCC(C)(CC)NC/C=C/C(=O)O. The van der Waals surface area contributed by atoms with Crippen molar-refractivity contribution >= 4 is 5.97 Å². The average Bonchev–Trinajstić information content (AvgIpc) is 2.12. The van der Waals surface area contributed by atoms with Gasteiger partial charge < -0.3 is 10.4 Å². The largest absolute Gasteiger partial charge is 0.478 e. The Morgan fingerprint density at radius 2 is 2.00 bits per heavy atom. The van der Waals surface area contributed by atoms with Gasteiger partial charge in [0, 0.05) is 18.2 Å². The molecule has 2 N–H and O–H groups in total. The number of carboxylic acids is 1. The second-order valence-electron chi connectivity index (χ2n) is 3.39. The van der Waals surface area contributed by atoms with Crippen LogP contribution in [0.3, 0.4) is 0 Å². The minimum absolute atomic E-state index is 0.128. The van der Waals surface area contributed by atoms with Crippen molar-refractivity contribution in [3.05, 3.63) is 12.2 Å². The van der Waals surface area contributed by atoms with Crippen LogP contribution in [0, 0.1) is 0 Å². The average molecular weight is 185 g/mol. The van der Waals surface area contributed by atoms with Crippen molar-refractivity contribution in [2.24, 2.45) is 0 Å². The third kappa shape index (κ3) is 5.42. The van der Waals surface area contributed by atoms with E-state index in [1.54, 1.807) is 6.08 Å². The highest BCUT2D eigenvalue weighted by Gasteiger charge is 2.16. The molecule has 0 fully saturated rings. The predicted molar refractivity (Wildman–Crippen MR) is 53.8 cm³/mol. The summed E-state index contributed by atoms with van der Waals surface area (Å²) in [6.45, 7) is 7.00. The molecule has 0 unspecified atom stereocenters. The van der Waals surface area contributed by atoms with Gasteiger partial charge in [-0.1, -0.05) is 19.9 Å². The van der Waals surface area contributed by atoms with Crippen LogP contribution in [-0.2, 0) is 4.79 Å². The summed E-state index contributed by atoms with van der Waals surface area (Å²) in [4.78, 5) is 10.1. The Bertz CT molecular complexity index is 183. The molecule has 0 aliphatic heterocycles. The van der Waals surface area contributed by atoms with Crippen LogP contribution in [0.4, 0.5) is 0 Å². The maximum Gasteiger partial charge on any atom is 0.328 e. The molecule has 0 bridgehead atoms. The number of hydrogen-bond acceptors (Lipinski definition) is 2. The molecule has 76 valence electrons. The summed E-state index contributed by atoms with van der Waals surface area (Å²) in [6, 6.07) is 0. The molecule has 0 spiro atoms. The Hall–Kier alpha value is -0.830. The molecule has 0 aliphatic carbocycles. The van der Waals surface area contributed by atoms with Crippen molar-refractivity contribution in [1.29, 1.82) is 0 Å². The van der Waals surface area contributed by atoms with Gasteiger partial charge in [0.1, 0.15) is 0 Å². The van der Waals surface area contributed by atoms with Gasteiger partial charge in [-0.15, -0.1) is 0 Å². The summed E-state index contributed by atoms with van der Waals surface area (Å²) in [7, 11) is 0. The van der Waals surface area contributed by atoms with E-state index >= 15 is 0 Å². The van der Waals surface area contributed by atoms with Crippen LogP contribution in [0.1, 0.15) is 33.6 Å². The van der Waals surface area contributed by atoms with Gasteiger partial charge in [0.2, 0.25) is 0 Å². The van der Waals surface area contributed by atoms with Crippen LogP contribution < -0.4 is 5.32 Å². The number of hydrogen-bond donors (Lipinski definition) is 2. The van der Waals surface area contributed by atoms with Crippen molar-refractivity contribution in [2.75, 3.05) is 6.54 Å². The lowest BCUT2D eigenvalue weighted by molar-refractivity contribution is -0.131. The zero-order valence-corrected chi connectivity index (χ0v) is 8.63. The fourth-order valence-corrected chi connectivity index (χ4v) is 0.965. The number of carbonyl (C=O) groups is 1. The second-order valence-corrected chi connectivity index (χ2v) is 3.39. The van der Waals surface area contributed by atoms with Gasteiger partial charge in [-0.25, -0.2) is 4.79 Å². The molecule has 0 radical (unpaired) electrons. The van der Waals surface area contributed by atoms with E-state index in [0.29, 0.717) is 6.54 Å². The maximum absolute atomic E-state index is 10.1. The smallest absolute Gasteiger partial charge is 0.328 e. The Labute approximate surface area is 79.8 Å². The van der Waals surface area contributed by atoms with Gasteiger partial charge in [0.25, 0.3) is 0 Å². The van der Waals surface area contributed by atoms with E-state index in [-0.39, 0.29) is 5.54 Å². The normalized spacial score (nSPS) is 12.2. The molecular formula is C10H19NO2. The molecule has 0 amide bonds. The van der Waals surface area contributed by atoms with E-state index in [4.69, 9.17) is 5.11 Å². The van der Waals surface area contributed by atoms with Crippen molar-refractivity contribution in [3.63, 3.8) is 0 Å². The van der Waals surface area contributed by atoms with Gasteiger partial charge in [-0.05, 0) is 19.8 Å². The van der Waals surface area contributed by atoms with Gasteiger partial charge in [0.15, 0.2) is 0 Å². The zero-order valence-electron chi connectivity index (χ0n) is 8.63. The summed E-state index contributed by atoms with van der Waals surface area (Å²) in [5.74, 6) is -0.892. The highest BCUT2D eigenvalue weighted by Crippen LogP contribution is 2.12. The van der Waals surface area contributed by atoms with Crippen LogP contribution in [0.25, 0.3) is 0 Å². The minimum Gasteiger partial charge on any atom is -0.478 e. The van der Waals surface area contributed by atoms with Crippen LogP contribution in [-0.4, -0.2) is 23.2 Å². The molecule has 0 aromatic heterocycles. The first-order valence-electron chi connectivity index (χ1n) is 4.68. The van der Waals surface area contributed by atoms with E-state index in [1.165, 1.54) is 6.08 Å². The fraction of sp³-hybridized carbons (Fsp3) is 0.700. The zero-order chi connectivity index (χ0) is 10.3. The molecule has 0 saturated carbocycles. The van der Waals surface area contributed by atoms with Gasteiger partial charge >= 0.3 is 5.97 Å². The van der Waals surface area contributed by atoms with E-state index in [2.05, 4.69) is 26.1 Å². The molecule has 3 heteroatoms. The molecule has 0 aromatic carbocycles. The lowest BCUT2D eigenvalue weighted by atomic mass is 9.96. The van der Waals surface area contributed by atoms with Crippen molar-refractivity contribution in [2.45, 2.75) is 39.2 Å². The Kier molecular flexibility index (Phi) is 5.39. The monoisotopic (exact) mass is 185 g/mol. The van der Waals surface area contributed by atoms with Gasteiger partial charge in [-0.2, -0.15) is 0 Å². The summed E-state index contributed by atoms with van der Waals surface area (Å²) < 4.78 is 0. The number of carboxylic acid groups (broad SMARTS) is 1. The first-order chi connectivity index (χ1) is 6.04. The standard InChI is InChI=1S/C10H19NO2/c1-4-10(3,5-2)11-8-6-7-9(12)13/h6-7,11H,4-5,8H2,1-3H3,(H,12,13)/b7-6+. The lowest BCUT2D eigenvalue weighted by Crippen LogP contribution is -2.41. The minimum atomic E-state index is -0.892. The fourth-order valence-electron chi connectivity index (χ4n) is 0.965. The summed E-state index contributed by atoms with van der Waals surface area (Å²) in [6.07, 6.45) is 4.89. The molecule has 0 rings (SSSR count). The highest BCUT2D eigenvalue weighted by molar-refractivity contribution is 5.79. The van der Waals surface area contributed by atoms with Crippen molar-refractivity contribution in [3.8, 4) is 0 Å². The lowest BCUT2D eigenvalue weighted by Gasteiger charge is -2.27. The van der Waals surface area contributed by atoms with Crippen LogP contribution in [0.5, 0.6) is 0 Å². The maximum atomic E-state index is 10.1. The Balaban J connectivity index is 3.80. The van der Waals surface area contributed by atoms with Crippen molar-refractivity contribution < 1.29 is 9.90 Å². The molecule has 13 heavy (non-hydrogen) atoms. The molecule has 0 saturated heterocycles. The number of aliphatic carboxylic acids is 1. The molecular weight excluding hydrogens is 166 g/mol. The van der Waals surface area contributed by atoms with Crippen molar-refractivity contribution in [1.82, 2.24) is 5.32 Å². The summed E-state index contributed by atoms with van der Waals surface area (Å²) in [5, 5.41) is 11.6. The third-order valence-electron chi connectivity index (χ3n) is 2.47. The van der Waals surface area contributed by atoms with Crippen LogP contribution in [0.2, 0.25) is 0 Å². The topological polar surface area (TPSA) is 49.3 Å². The molecule has 0 atom stereocenters. The Morgan fingerprint density at radius 1 is 1.46 bits per heavy atom.